The van der Waals surface area contributed by atoms with E-state index < -0.39 is 10.1 Å². The Balaban J connectivity index is 3.15. The summed E-state index contributed by atoms with van der Waals surface area (Å²) < 4.78 is 27.4. The Labute approximate surface area is 81.3 Å². The highest BCUT2D eigenvalue weighted by Crippen LogP contribution is 2.07. The highest BCUT2D eigenvalue weighted by Gasteiger charge is 2.15. The van der Waals surface area contributed by atoms with Crippen molar-refractivity contribution in [3.63, 3.8) is 0 Å². The molecule has 13 heavy (non-hydrogen) atoms. The SMILES string of the molecule is CCOS(=O)(=O)c1ccccc1[Si]. The lowest BCUT2D eigenvalue weighted by Crippen LogP contribution is -2.17. The molecule has 0 bridgehead atoms. The minimum absolute atomic E-state index is 0.142. The quantitative estimate of drug-likeness (QED) is 0.532. The smallest absolute Gasteiger partial charge is 0.267 e. The van der Waals surface area contributed by atoms with Gasteiger partial charge in [-0.1, -0.05) is 18.2 Å². The van der Waals surface area contributed by atoms with Crippen molar-refractivity contribution in [1.29, 1.82) is 0 Å². The second kappa shape index (κ2) is 4.04. The molecule has 1 aromatic rings. The lowest BCUT2D eigenvalue weighted by Gasteiger charge is -2.05. The van der Waals surface area contributed by atoms with E-state index in [9.17, 15) is 8.42 Å². The topological polar surface area (TPSA) is 43.4 Å². The molecule has 0 unspecified atom stereocenters. The average Bonchev–Trinajstić information content (AvgIpc) is 2.04. The highest BCUT2D eigenvalue weighted by molar-refractivity contribution is 7.87. The Hall–Kier alpha value is -0.653. The molecular weight excluding hydrogens is 204 g/mol. The van der Waals surface area contributed by atoms with Crippen molar-refractivity contribution < 1.29 is 12.6 Å². The lowest BCUT2D eigenvalue weighted by molar-refractivity contribution is 0.338. The highest BCUT2D eigenvalue weighted by atomic mass is 32.2. The van der Waals surface area contributed by atoms with Gasteiger partial charge < -0.3 is 0 Å². The summed E-state index contributed by atoms with van der Waals surface area (Å²) in [6, 6.07) is 6.54. The van der Waals surface area contributed by atoms with Crippen molar-refractivity contribution in [2.24, 2.45) is 0 Å². The van der Waals surface area contributed by atoms with E-state index >= 15 is 0 Å². The van der Waals surface area contributed by atoms with Gasteiger partial charge in [-0.2, -0.15) is 8.42 Å². The molecule has 0 spiro atoms. The molecule has 0 aliphatic carbocycles. The number of hydrogen-bond donors (Lipinski definition) is 0. The Bertz CT molecular complexity index is 386. The summed E-state index contributed by atoms with van der Waals surface area (Å²) in [5.74, 6) is 0. The summed E-state index contributed by atoms with van der Waals surface area (Å²) in [4.78, 5) is 0.161. The molecule has 0 N–H and O–H groups in total. The molecule has 5 heteroatoms. The Morgan fingerprint density at radius 1 is 1.38 bits per heavy atom. The van der Waals surface area contributed by atoms with Gasteiger partial charge in [-0.05, 0) is 18.2 Å². The zero-order valence-electron chi connectivity index (χ0n) is 7.15. The molecule has 0 aliphatic rings. The summed E-state index contributed by atoms with van der Waals surface area (Å²) in [5.41, 5.74) is 0. The normalized spacial score (nSPS) is 11.5. The van der Waals surface area contributed by atoms with Gasteiger partial charge in [-0.3, -0.25) is 4.18 Å². The van der Waals surface area contributed by atoms with Crippen molar-refractivity contribution in [3.05, 3.63) is 24.3 Å². The van der Waals surface area contributed by atoms with E-state index in [1.807, 2.05) is 0 Å². The Morgan fingerprint density at radius 3 is 2.54 bits per heavy atom. The van der Waals surface area contributed by atoms with Crippen LogP contribution >= 0.6 is 0 Å². The van der Waals surface area contributed by atoms with Crippen LogP contribution in [0, 0.1) is 0 Å². The number of benzene rings is 1. The maximum absolute atomic E-state index is 11.4. The van der Waals surface area contributed by atoms with E-state index in [0.29, 0.717) is 5.19 Å². The molecule has 1 aromatic carbocycles. The molecule has 0 fully saturated rings. The van der Waals surface area contributed by atoms with Crippen molar-refractivity contribution in [3.8, 4) is 0 Å². The summed E-state index contributed by atoms with van der Waals surface area (Å²) in [5, 5.41) is 0.510. The molecule has 69 valence electrons. The van der Waals surface area contributed by atoms with Gasteiger partial charge in [-0.15, -0.1) is 0 Å². The lowest BCUT2D eigenvalue weighted by atomic mass is 10.4. The van der Waals surface area contributed by atoms with E-state index in [1.54, 1.807) is 25.1 Å². The second-order valence-corrected chi connectivity index (χ2v) is 4.48. The fourth-order valence-electron chi connectivity index (χ4n) is 0.903. The van der Waals surface area contributed by atoms with Crippen molar-refractivity contribution in [1.82, 2.24) is 0 Å². The third-order valence-electron chi connectivity index (χ3n) is 1.43. The molecule has 0 heterocycles. The fourth-order valence-corrected chi connectivity index (χ4v) is 2.48. The summed E-state index contributed by atoms with van der Waals surface area (Å²) in [6.07, 6.45) is 0. The number of rotatable bonds is 3. The first-order valence-electron chi connectivity index (χ1n) is 3.78. The van der Waals surface area contributed by atoms with Gasteiger partial charge in [-0.25, -0.2) is 0 Å². The maximum Gasteiger partial charge on any atom is 0.296 e. The predicted octanol–water partition coefficient (Wildman–Crippen LogP) is 0.206. The monoisotopic (exact) mass is 213 g/mol. The average molecular weight is 213 g/mol. The Morgan fingerprint density at radius 2 is 2.00 bits per heavy atom. The van der Waals surface area contributed by atoms with E-state index in [1.165, 1.54) is 6.07 Å². The van der Waals surface area contributed by atoms with Gasteiger partial charge in [0.15, 0.2) is 0 Å². The standard InChI is InChI=1S/C8H9O3SSi/c1-2-11-12(9,10)7-5-3-4-6-8(7)13/h3-6H,2H2,1H3. The van der Waals surface area contributed by atoms with Crippen molar-refractivity contribution >= 4 is 25.5 Å². The third kappa shape index (κ3) is 2.39. The molecule has 0 aliphatic heterocycles. The van der Waals surface area contributed by atoms with Gasteiger partial charge in [0, 0.05) is 0 Å². The van der Waals surface area contributed by atoms with E-state index in [0.717, 1.165) is 0 Å². The molecule has 0 amide bonds. The number of hydrogen-bond acceptors (Lipinski definition) is 3. The minimum atomic E-state index is -3.59. The maximum atomic E-state index is 11.4. The molecule has 0 saturated heterocycles. The predicted molar refractivity (Wildman–Crippen MR) is 50.6 cm³/mol. The third-order valence-corrected chi connectivity index (χ3v) is 3.49. The zero-order chi connectivity index (χ0) is 9.90. The first-order chi connectivity index (χ1) is 6.08. The molecule has 1 rings (SSSR count). The molecule has 0 aromatic heterocycles. The minimum Gasteiger partial charge on any atom is -0.267 e. The first kappa shape index (κ1) is 10.4. The Kier molecular flexibility index (Phi) is 3.24. The molecule has 3 radical (unpaired) electrons. The van der Waals surface area contributed by atoms with E-state index in [2.05, 4.69) is 14.4 Å². The van der Waals surface area contributed by atoms with Crippen LogP contribution in [-0.2, 0) is 14.3 Å². The van der Waals surface area contributed by atoms with Crippen LogP contribution in [0.2, 0.25) is 0 Å². The van der Waals surface area contributed by atoms with E-state index in [4.69, 9.17) is 0 Å². The van der Waals surface area contributed by atoms with Crippen LogP contribution < -0.4 is 5.19 Å². The van der Waals surface area contributed by atoms with Crippen LogP contribution in [0.3, 0.4) is 0 Å². The molecule has 0 saturated carbocycles. The van der Waals surface area contributed by atoms with Gasteiger partial charge in [0.1, 0.15) is 0 Å². The molecule has 3 nitrogen and oxygen atoms in total. The summed E-state index contributed by atoms with van der Waals surface area (Å²) in [6.45, 7) is 1.77. The van der Waals surface area contributed by atoms with Gasteiger partial charge in [0.05, 0.1) is 21.7 Å². The van der Waals surface area contributed by atoms with Crippen LogP contribution in [-0.4, -0.2) is 25.3 Å². The largest absolute Gasteiger partial charge is 0.296 e. The second-order valence-electron chi connectivity index (χ2n) is 2.36. The first-order valence-corrected chi connectivity index (χ1v) is 5.69. The van der Waals surface area contributed by atoms with Gasteiger partial charge in [0.2, 0.25) is 0 Å². The molecule has 0 atom stereocenters. The van der Waals surface area contributed by atoms with Crippen molar-refractivity contribution in [2.75, 3.05) is 6.61 Å². The summed E-state index contributed by atoms with van der Waals surface area (Å²) in [7, 11) is -0.395. The van der Waals surface area contributed by atoms with Crippen molar-refractivity contribution in [2.45, 2.75) is 11.8 Å². The van der Waals surface area contributed by atoms with Crippen LogP contribution in [0.25, 0.3) is 0 Å². The fraction of sp³-hybridized carbons (Fsp3) is 0.250. The van der Waals surface area contributed by atoms with Crippen LogP contribution in [0.1, 0.15) is 6.92 Å². The van der Waals surface area contributed by atoms with Crippen LogP contribution in [0.15, 0.2) is 29.2 Å². The summed E-state index contributed by atoms with van der Waals surface area (Å²) >= 11 is 0. The van der Waals surface area contributed by atoms with Gasteiger partial charge in [0.25, 0.3) is 10.1 Å². The van der Waals surface area contributed by atoms with E-state index in [-0.39, 0.29) is 11.5 Å². The van der Waals surface area contributed by atoms with Crippen LogP contribution in [0.4, 0.5) is 0 Å². The molecular formula is C8H9O3SSi. The van der Waals surface area contributed by atoms with Gasteiger partial charge >= 0.3 is 0 Å². The van der Waals surface area contributed by atoms with Crippen LogP contribution in [0.5, 0.6) is 0 Å². The zero-order valence-corrected chi connectivity index (χ0v) is 8.97.